The van der Waals surface area contributed by atoms with Gasteiger partial charge in [-0.25, -0.2) is 0 Å². The number of rotatable bonds is 4. The molecule has 2 nitrogen and oxygen atoms in total. The summed E-state index contributed by atoms with van der Waals surface area (Å²) in [5, 5.41) is 0. The first-order chi connectivity index (χ1) is 7.07. The Labute approximate surface area is 92.4 Å². The summed E-state index contributed by atoms with van der Waals surface area (Å²) < 4.78 is 5.42. The van der Waals surface area contributed by atoms with Crippen molar-refractivity contribution in [3.63, 3.8) is 0 Å². The number of hydrogen-bond acceptors (Lipinski definition) is 2. The van der Waals surface area contributed by atoms with Crippen molar-refractivity contribution < 1.29 is 4.74 Å². The van der Waals surface area contributed by atoms with Crippen LogP contribution in [0.4, 0.5) is 0 Å². The summed E-state index contributed by atoms with van der Waals surface area (Å²) in [6.07, 6.45) is 1.02. The molecule has 1 aromatic rings. The van der Waals surface area contributed by atoms with E-state index in [1.165, 1.54) is 11.1 Å². The third-order valence-electron chi connectivity index (χ3n) is 3.24. The van der Waals surface area contributed by atoms with E-state index in [0.717, 1.165) is 12.2 Å². The van der Waals surface area contributed by atoms with Crippen molar-refractivity contribution in [2.24, 2.45) is 5.73 Å². The molecule has 0 aromatic heterocycles. The second kappa shape index (κ2) is 4.67. The topological polar surface area (TPSA) is 35.2 Å². The molecule has 0 bridgehead atoms. The van der Waals surface area contributed by atoms with Crippen LogP contribution in [0.1, 0.15) is 31.4 Å². The van der Waals surface area contributed by atoms with E-state index in [-0.39, 0.29) is 5.41 Å². The van der Waals surface area contributed by atoms with Crippen molar-refractivity contribution >= 4 is 0 Å². The minimum Gasteiger partial charge on any atom is -0.496 e. The summed E-state index contributed by atoms with van der Waals surface area (Å²) in [6.45, 7) is 7.05. The van der Waals surface area contributed by atoms with Crippen LogP contribution in [0.2, 0.25) is 0 Å². The van der Waals surface area contributed by atoms with Gasteiger partial charge in [0.2, 0.25) is 0 Å². The Morgan fingerprint density at radius 2 is 2.07 bits per heavy atom. The zero-order valence-corrected chi connectivity index (χ0v) is 10.1. The van der Waals surface area contributed by atoms with E-state index in [2.05, 4.69) is 39.0 Å². The maximum atomic E-state index is 5.86. The lowest BCUT2D eigenvalue weighted by atomic mass is 9.79. The summed E-state index contributed by atoms with van der Waals surface area (Å²) >= 11 is 0. The fourth-order valence-corrected chi connectivity index (χ4v) is 1.74. The Hall–Kier alpha value is -1.02. The van der Waals surface area contributed by atoms with Gasteiger partial charge in [-0.3, -0.25) is 0 Å². The molecule has 2 heteroatoms. The van der Waals surface area contributed by atoms with E-state index in [1.54, 1.807) is 7.11 Å². The minimum absolute atomic E-state index is 0.0129. The molecule has 0 aliphatic rings. The number of nitrogens with two attached hydrogens (primary N) is 1. The van der Waals surface area contributed by atoms with Gasteiger partial charge in [0.25, 0.3) is 0 Å². The van der Waals surface area contributed by atoms with Crippen LogP contribution >= 0.6 is 0 Å². The van der Waals surface area contributed by atoms with Crippen molar-refractivity contribution in [3.8, 4) is 5.75 Å². The minimum atomic E-state index is 0.0129. The van der Waals surface area contributed by atoms with Crippen LogP contribution in [-0.2, 0) is 5.41 Å². The van der Waals surface area contributed by atoms with Gasteiger partial charge in [0.05, 0.1) is 7.11 Å². The predicted octanol–water partition coefficient (Wildman–Crippen LogP) is 2.63. The second-order valence-electron chi connectivity index (χ2n) is 4.32. The molecule has 1 unspecified atom stereocenters. The van der Waals surface area contributed by atoms with Crippen LogP contribution in [0.25, 0.3) is 0 Å². The van der Waals surface area contributed by atoms with E-state index in [0.29, 0.717) is 6.54 Å². The summed E-state index contributed by atoms with van der Waals surface area (Å²) in [5.74, 6) is 0.949. The highest BCUT2D eigenvalue weighted by Crippen LogP contribution is 2.34. The molecule has 1 atom stereocenters. The third-order valence-corrected chi connectivity index (χ3v) is 3.24. The Morgan fingerprint density at radius 3 is 2.53 bits per heavy atom. The molecule has 84 valence electrons. The summed E-state index contributed by atoms with van der Waals surface area (Å²) in [5.41, 5.74) is 8.29. The normalized spacial score (nSPS) is 14.7. The highest BCUT2D eigenvalue weighted by atomic mass is 16.5. The molecule has 0 amide bonds. The lowest BCUT2D eigenvalue weighted by molar-refractivity contribution is 0.381. The first-order valence-corrected chi connectivity index (χ1v) is 5.42. The Balaban J connectivity index is 3.23. The smallest absolute Gasteiger partial charge is 0.122 e. The molecule has 2 N–H and O–H groups in total. The van der Waals surface area contributed by atoms with Crippen LogP contribution < -0.4 is 10.5 Å². The zero-order valence-electron chi connectivity index (χ0n) is 10.1. The standard InChI is InChI=1S/C13H21NO/c1-5-13(3,9-14)11-7-6-10(2)8-12(11)15-4/h6-8H,5,9,14H2,1-4H3. The molecule has 1 aromatic carbocycles. The number of hydrogen-bond donors (Lipinski definition) is 1. The number of aryl methyl sites for hydroxylation is 1. The largest absolute Gasteiger partial charge is 0.496 e. The van der Waals surface area contributed by atoms with Crippen LogP contribution in [0.15, 0.2) is 18.2 Å². The SMILES string of the molecule is CCC(C)(CN)c1ccc(C)cc1OC. The van der Waals surface area contributed by atoms with Gasteiger partial charge in [-0.05, 0) is 25.0 Å². The van der Waals surface area contributed by atoms with E-state index in [4.69, 9.17) is 10.5 Å². The number of methoxy groups -OCH3 is 1. The first-order valence-electron chi connectivity index (χ1n) is 5.42. The average molecular weight is 207 g/mol. The van der Waals surface area contributed by atoms with Crippen molar-refractivity contribution in [1.82, 2.24) is 0 Å². The third kappa shape index (κ3) is 2.32. The van der Waals surface area contributed by atoms with Crippen molar-refractivity contribution in [2.75, 3.05) is 13.7 Å². The molecule has 1 rings (SSSR count). The molecular weight excluding hydrogens is 186 g/mol. The molecule has 15 heavy (non-hydrogen) atoms. The van der Waals surface area contributed by atoms with Gasteiger partial charge in [0.1, 0.15) is 5.75 Å². The fourth-order valence-electron chi connectivity index (χ4n) is 1.74. The lowest BCUT2D eigenvalue weighted by Gasteiger charge is -2.28. The molecule has 0 aliphatic carbocycles. The molecular formula is C13H21NO. The monoisotopic (exact) mass is 207 g/mol. The van der Waals surface area contributed by atoms with E-state index in [1.807, 2.05) is 0 Å². The van der Waals surface area contributed by atoms with Gasteiger partial charge < -0.3 is 10.5 Å². The Kier molecular flexibility index (Phi) is 3.75. The van der Waals surface area contributed by atoms with Crippen molar-refractivity contribution in [2.45, 2.75) is 32.6 Å². The van der Waals surface area contributed by atoms with Crippen molar-refractivity contribution in [1.29, 1.82) is 0 Å². The quantitative estimate of drug-likeness (QED) is 0.823. The molecule has 0 aliphatic heterocycles. The zero-order chi connectivity index (χ0) is 11.5. The van der Waals surface area contributed by atoms with Crippen molar-refractivity contribution in [3.05, 3.63) is 29.3 Å². The van der Waals surface area contributed by atoms with Gasteiger partial charge in [0, 0.05) is 17.5 Å². The maximum Gasteiger partial charge on any atom is 0.122 e. The van der Waals surface area contributed by atoms with Gasteiger partial charge in [-0.15, -0.1) is 0 Å². The number of benzene rings is 1. The maximum absolute atomic E-state index is 5.86. The van der Waals surface area contributed by atoms with Gasteiger partial charge in [0.15, 0.2) is 0 Å². The van der Waals surface area contributed by atoms with Crippen LogP contribution in [-0.4, -0.2) is 13.7 Å². The highest BCUT2D eigenvalue weighted by molar-refractivity contribution is 5.42. The molecule has 0 saturated carbocycles. The first kappa shape index (κ1) is 12.1. The number of ether oxygens (including phenoxy) is 1. The molecule has 0 saturated heterocycles. The van der Waals surface area contributed by atoms with Crippen LogP contribution in [0.5, 0.6) is 5.75 Å². The van der Waals surface area contributed by atoms with E-state index >= 15 is 0 Å². The molecule has 0 radical (unpaired) electrons. The van der Waals surface area contributed by atoms with Gasteiger partial charge >= 0.3 is 0 Å². The fraction of sp³-hybridized carbons (Fsp3) is 0.538. The van der Waals surface area contributed by atoms with E-state index in [9.17, 15) is 0 Å². The molecule has 0 spiro atoms. The Morgan fingerprint density at radius 1 is 1.40 bits per heavy atom. The highest BCUT2D eigenvalue weighted by Gasteiger charge is 2.26. The summed E-state index contributed by atoms with van der Waals surface area (Å²) in [6, 6.07) is 6.31. The van der Waals surface area contributed by atoms with Gasteiger partial charge in [-0.1, -0.05) is 26.0 Å². The second-order valence-corrected chi connectivity index (χ2v) is 4.32. The summed E-state index contributed by atoms with van der Waals surface area (Å²) in [7, 11) is 1.71. The van der Waals surface area contributed by atoms with E-state index < -0.39 is 0 Å². The lowest BCUT2D eigenvalue weighted by Crippen LogP contribution is -2.31. The average Bonchev–Trinajstić information content (AvgIpc) is 2.27. The summed E-state index contributed by atoms with van der Waals surface area (Å²) in [4.78, 5) is 0. The Bertz CT molecular complexity index is 329. The predicted molar refractivity (Wildman–Crippen MR) is 64.4 cm³/mol. The van der Waals surface area contributed by atoms with Crippen LogP contribution in [0.3, 0.4) is 0 Å². The van der Waals surface area contributed by atoms with Crippen LogP contribution in [0, 0.1) is 6.92 Å². The molecule has 0 heterocycles. The van der Waals surface area contributed by atoms with Gasteiger partial charge in [-0.2, -0.15) is 0 Å². The molecule has 0 fully saturated rings.